The number of rotatable bonds is 6. The molecule has 0 spiro atoms. The van der Waals surface area contributed by atoms with Gasteiger partial charge < -0.3 is 11.2 Å². The number of nitrogens with two attached hydrogens (primary N) is 1. The number of hydrogen-bond acceptors (Lipinski definition) is 5. The van der Waals surface area contributed by atoms with Crippen LogP contribution in [0.5, 0.6) is 0 Å². The summed E-state index contributed by atoms with van der Waals surface area (Å²) in [5, 5.41) is 11.8. The molecule has 8 heteroatoms. The van der Waals surface area contributed by atoms with Crippen LogP contribution >= 0.6 is 23.4 Å². The number of benzene rings is 2. The fourth-order valence-electron chi connectivity index (χ4n) is 2.59. The molecule has 6 nitrogen and oxygen atoms in total. The van der Waals surface area contributed by atoms with Crippen LogP contribution in [0, 0.1) is 0 Å². The summed E-state index contributed by atoms with van der Waals surface area (Å²) in [6, 6.07) is 15.1. The lowest BCUT2D eigenvalue weighted by Gasteiger charge is -2.12. The van der Waals surface area contributed by atoms with E-state index in [9.17, 15) is 4.79 Å². The van der Waals surface area contributed by atoms with Gasteiger partial charge in [0.05, 0.1) is 5.25 Å². The Morgan fingerprint density at radius 3 is 2.50 bits per heavy atom. The van der Waals surface area contributed by atoms with Gasteiger partial charge >= 0.3 is 0 Å². The summed E-state index contributed by atoms with van der Waals surface area (Å²) in [4.78, 5) is 12.5. The number of anilines is 1. The Balaban J connectivity index is 1.67. The Kier molecular flexibility index (Phi) is 6.26. The molecule has 1 atom stereocenters. The van der Waals surface area contributed by atoms with Crippen molar-refractivity contribution in [1.82, 2.24) is 14.9 Å². The first-order valence-electron chi connectivity index (χ1n) is 8.89. The minimum Gasteiger partial charge on any atom is -0.335 e. The van der Waals surface area contributed by atoms with Crippen molar-refractivity contribution < 1.29 is 4.79 Å². The first kappa shape index (κ1) is 20.2. The third-order valence-corrected chi connectivity index (χ3v) is 5.54. The lowest BCUT2D eigenvalue weighted by molar-refractivity contribution is -0.115. The number of amides is 1. The highest BCUT2D eigenvalue weighted by molar-refractivity contribution is 8.00. The van der Waals surface area contributed by atoms with E-state index >= 15 is 0 Å². The first-order valence-corrected chi connectivity index (χ1v) is 10.1. The van der Waals surface area contributed by atoms with Gasteiger partial charge in [0.1, 0.15) is 0 Å². The molecule has 3 rings (SSSR count). The molecular weight excluding hydrogens is 394 g/mol. The molecule has 0 bridgehead atoms. The Bertz CT molecular complexity index is 971. The van der Waals surface area contributed by atoms with Gasteiger partial charge in [0, 0.05) is 16.3 Å². The van der Waals surface area contributed by atoms with E-state index in [1.165, 1.54) is 22.0 Å². The standard InChI is InChI=1S/C20H22ClN5OS/c1-12(2)14-7-9-17(10-8-14)23-19(27)13(3)28-20-25-24-18(26(20)22)15-5-4-6-16(21)11-15/h4-13H,22H2,1-3H3,(H,23,27)/t13-/m1/s1. The molecule has 3 aromatic rings. The van der Waals surface area contributed by atoms with Crippen LogP contribution in [0.4, 0.5) is 5.69 Å². The maximum absolute atomic E-state index is 12.5. The van der Waals surface area contributed by atoms with Crippen molar-refractivity contribution in [2.45, 2.75) is 37.1 Å². The molecule has 3 N–H and O–H groups in total. The second-order valence-electron chi connectivity index (χ2n) is 6.71. The molecule has 0 saturated heterocycles. The molecule has 0 unspecified atom stereocenters. The summed E-state index contributed by atoms with van der Waals surface area (Å²) in [5.41, 5.74) is 2.75. The van der Waals surface area contributed by atoms with Crippen LogP contribution in [0.2, 0.25) is 5.02 Å². The summed E-state index contributed by atoms with van der Waals surface area (Å²) in [5.74, 6) is 6.93. The number of hydrogen-bond donors (Lipinski definition) is 2. The van der Waals surface area contributed by atoms with E-state index in [2.05, 4.69) is 29.4 Å². The number of nitrogens with one attached hydrogen (secondary N) is 1. The number of aromatic nitrogens is 3. The maximum Gasteiger partial charge on any atom is 0.237 e. The number of thioether (sulfide) groups is 1. The molecule has 0 fully saturated rings. The van der Waals surface area contributed by atoms with Crippen molar-refractivity contribution in [1.29, 1.82) is 0 Å². The summed E-state index contributed by atoms with van der Waals surface area (Å²) < 4.78 is 1.37. The van der Waals surface area contributed by atoms with Gasteiger partial charge in [-0.3, -0.25) is 4.79 Å². The van der Waals surface area contributed by atoms with Crippen LogP contribution in [0.15, 0.2) is 53.7 Å². The molecule has 28 heavy (non-hydrogen) atoms. The number of carbonyl (C=O) groups excluding carboxylic acids is 1. The van der Waals surface area contributed by atoms with Crippen LogP contribution in [0.3, 0.4) is 0 Å². The summed E-state index contributed by atoms with van der Waals surface area (Å²) in [7, 11) is 0. The highest BCUT2D eigenvalue weighted by Crippen LogP contribution is 2.27. The highest BCUT2D eigenvalue weighted by atomic mass is 35.5. The minimum absolute atomic E-state index is 0.130. The molecule has 1 amide bonds. The zero-order valence-corrected chi connectivity index (χ0v) is 17.5. The zero-order chi connectivity index (χ0) is 20.3. The molecule has 0 saturated carbocycles. The summed E-state index contributed by atoms with van der Waals surface area (Å²) in [6.45, 7) is 6.07. The van der Waals surface area contributed by atoms with Crippen molar-refractivity contribution in [2.24, 2.45) is 0 Å². The summed E-state index contributed by atoms with van der Waals surface area (Å²) >= 11 is 7.27. The van der Waals surface area contributed by atoms with Gasteiger partial charge in [0.25, 0.3) is 0 Å². The number of halogens is 1. The van der Waals surface area contributed by atoms with Crippen molar-refractivity contribution in [2.75, 3.05) is 11.2 Å². The third kappa shape index (κ3) is 4.66. The number of nitrogen functional groups attached to an aromatic ring is 1. The van der Waals surface area contributed by atoms with Crippen LogP contribution in [0.25, 0.3) is 11.4 Å². The minimum atomic E-state index is -0.400. The molecule has 1 aromatic heterocycles. The lowest BCUT2D eigenvalue weighted by Crippen LogP contribution is -2.23. The lowest BCUT2D eigenvalue weighted by atomic mass is 10.0. The predicted octanol–water partition coefficient (Wildman–Crippen LogP) is 4.56. The van der Waals surface area contributed by atoms with Gasteiger partial charge in [0.2, 0.25) is 11.1 Å². The van der Waals surface area contributed by atoms with Crippen molar-refractivity contribution >= 4 is 35.0 Å². The Morgan fingerprint density at radius 2 is 1.86 bits per heavy atom. The van der Waals surface area contributed by atoms with Crippen LogP contribution in [-0.4, -0.2) is 26.0 Å². The average molecular weight is 416 g/mol. The fraction of sp³-hybridized carbons (Fsp3) is 0.250. The van der Waals surface area contributed by atoms with E-state index in [0.717, 1.165) is 11.3 Å². The normalized spacial score (nSPS) is 12.2. The molecule has 0 aliphatic rings. The van der Waals surface area contributed by atoms with E-state index in [4.69, 9.17) is 17.4 Å². The molecular formula is C20H22ClN5OS. The fourth-order valence-corrected chi connectivity index (χ4v) is 3.55. The molecule has 1 heterocycles. The molecule has 0 aliphatic carbocycles. The largest absolute Gasteiger partial charge is 0.335 e. The van der Waals surface area contributed by atoms with Crippen LogP contribution < -0.4 is 11.2 Å². The SMILES string of the molecule is CC(C)c1ccc(NC(=O)[C@@H](C)Sc2nnc(-c3cccc(Cl)c3)n2N)cc1. The first-order chi connectivity index (χ1) is 13.3. The van der Waals surface area contributed by atoms with E-state index < -0.39 is 5.25 Å². The van der Waals surface area contributed by atoms with Gasteiger partial charge in [-0.25, -0.2) is 4.68 Å². The van der Waals surface area contributed by atoms with E-state index in [1.54, 1.807) is 19.1 Å². The van der Waals surface area contributed by atoms with Crippen LogP contribution in [-0.2, 0) is 4.79 Å². The second kappa shape index (κ2) is 8.67. The molecule has 146 valence electrons. The Hall–Kier alpha value is -2.51. The smallest absolute Gasteiger partial charge is 0.237 e. The van der Waals surface area contributed by atoms with E-state index in [0.29, 0.717) is 21.9 Å². The predicted molar refractivity (Wildman–Crippen MR) is 115 cm³/mol. The van der Waals surface area contributed by atoms with Gasteiger partial charge in [0.15, 0.2) is 5.82 Å². The van der Waals surface area contributed by atoms with Gasteiger partial charge in [-0.15, -0.1) is 10.2 Å². The quantitative estimate of drug-likeness (QED) is 0.455. The van der Waals surface area contributed by atoms with E-state index in [-0.39, 0.29) is 5.91 Å². The Labute approximate surface area is 173 Å². The van der Waals surface area contributed by atoms with Crippen molar-refractivity contribution in [3.63, 3.8) is 0 Å². The van der Waals surface area contributed by atoms with E-state index in [1.807, 2.05) is 36.4 Å². The van der Waals surface area contributed by atoms with Crippen LogP contribution in [0.1, 0.15) is 32.3 Å². The number of nitrogens with zero attached hydrogens (tertiary/aromatic N) is 3. The third-order valence-electron chi connectivity index (χ3n) is 4.24. The van der Waals surface area contributed by atoms with Crippen molar-refractivity contribution in [3.8, 4) is 11.4 Å². The highest BCUT2D eigenvalue weighted by Gasteiger charge is 2.20. The maximum atomic E-state index is 12.5. The van der Waals surface area contributed by atoms with Gasteiger partial charge in [-0.2, -0.15) is 0 Å². The van der Waals surface area contributed by atoms with Gasteiger partial charge in [-0.05, 0) is 42.7 Å². The van der Waals surface area contributed by atoms with Gasteiger partial charge in [-0.1, -0.05) is 61.5 Å². The molecule has 2 aromatic carbocycles. The second-order valence-corrected chi connectivity index (χ2v) is 8.46. The monoisotopic (exact) mass is 415 g/mol. The topological polar surface area (TPSA) is 85.8 Å². The Morgan fingerprint density at radius 1 is 1.14 bits per heavy atom. The average Bonchev–Trinajstić information content (AvgIpc) is 3.02. The summed E-state index contributed by atoms with van der Waals surface area (Å²) in [6.07, 6.45) is 0. The molecule has 0 radical (unpaired) electrons. The number of carbonyl (C=O) groups is 1. The van der Waals surface area contributed by atoms with Crippen molar-refractivity contribution in [3.05, 3.63) is 59.1 Å². The molecule has 0 aliphatic heterocycles. The zero-order valence-electron chi connectivity index (χ0n) is 15.9.